The van der Waals surface area contributed by atoms with Crippen LogP contribution in [0.2, 0.25) is 0 Å². The van der Waals surface area contributed by atoms with Crippen molar-refractivity contribution in [3.05, 3.63) is 0 Å². The predicted molar refractivity (Wildman–Crippen MR) is 51.7 cm³/mol. The Morgan fingerprint density at radius 3 is 2.55 bits per heavy atom. The molecule has 0 radical (unpaired) electrons. The predicted octanol–water partition coefficient (Wildman–Crippen LogP) is 0.165. The van der Waals surface area contributed by atoms with Crippen LogP contribution in [0.25, 0.3) is 0 Å². The monoisotopic (exact) mass is 290 g/mol. The van der Waals surface area contributed by atoms with Gasteiger partial charge in [-0.3, -0.25) is 4.90 Å². The highest BCUT2D eigenvalue weighted by Crippen LogP contribution is 2.14. The van der Waals surface area contributed by atoms with Crippen LogP contribution in [0.15, 0.2) is 0 Å². The second-order valence-electron chi connectivity index (χ2n) is 2.96. The van der Waals surface area contributed by atoms with Gasteiger partial charge in [0.2, 0.25) is 10.0 Å². The van der Waals surface area contributed by atoms with E-state index in [0.717, 1.165) is 13.1 Å². The smallest absolute Gasteiger partial charge is 0.233 e. The number of likely N-dealkylation sites (tertiary alicyclic amines) is 1. The van der Waals surface area contributed by atoms with Crippen LogP contribution in [0.4, 0.5) is 0 Å². The largest absolute Gasteiger partial charge is 0.288 e. The van der Waals surface area contributed by atoms with Crippen molar-refractivity contribution in [1.82, 2.24) is 7.84 Å². The minimum atomic E-state index is -3.04. The molecule has 0 spiro atoms. The summed E-state index contributed by atoms with van der Waals surface area (Å²) >= 11 is 1.64. The molecule has 0 atom stereocenters. The van der Waals surface area contributed by atoms with E-state index in [9.17, 15) is 8.42 Å². The topological polar surface area (TPSA) is 49.4 Å². The van der Waals surface area contributed by atoms with E-state index in [1.165, 1.54) is 0 Å². The maximum absolute atomic E-state index is 10.9. The maximum Gasteiger partial charge on any atom is 0.233 e. The fourth-order valence-electron chi connectivity index (χ4n) is 1.20. The van der Waals surface area contributed by atoms with Gasteiger partial charge < -0.3 is 0 Å². The lowest BCUT2D eigenvalue weighted by atomic mass is 10.1. The molecule has 1 rings (SSSR count). The summed E-state index contributed by atoms with van der Waals surface area (Å²) in [5, 5.41) is 0. The highest BCUT2D eigenvalue weighted by molar-refractivity contribution is 14.1. The van der Waals surface area contributed by atoms with Crippen LogP contribution in [0.3, 0.4) is 0 Å². The van der Waals surface area contributed by atoms with E-state index in [1.54, 1.807) is 22.9 Å². The van der Waals surface area contributed by atoms with Crippen LogP contribution >= 0.6 is 22.9 Å². The van der Waals surface area contributed by atoms with Crippen molar-refractivity contribution in [3.63, 3.8) is 0 Å². The molecule has 1 heterocycles. The number of halogens is 1. The molecule has 1 aliphatic rings. The number of hydrogen-bond acceptors (Lipinski definition) is 3. The van der Waals surface area contributed by atoms with Gasteiger partial charge in [-0.25, -0.2) is 8.42 Å². The summed E-state index contributed by atoms with van der Waals surface area (Å²) in [6.45, 7) is 3.91. The Kier molecular flexibility index (Phi) is 3.12. The lowest BCUT2D eigenvalue weighted by Gasteiger charge is -2.36. The van der Waals surface area contributed by atoms with Gasteiger partial charge >= 0.3 is 0 Å². The molecule has 1 aliphatic heterocycles. The van der Waals surface area contributed by atoms with E-state index in [2.05, 4.69) is 9.86 Å². The van der Waals surface area contributed by atoms with Crippen molar-refractivity contribution in [2.24, 2.45) is 5.92 Å². The number of rotatable bonds is 3. The third kappa shape index (κ3) is 2.85. The Labute approximate surface area is 80.9 Å². The van der Waals surface area contributed by atoms with Gasteiger partial charge in [0.1, 0.15) is 5.88 Å². The lowest BCUT2D eigenvalue weighted by molar-refractivity contribution is 0.137. The molecule has 4 nitrogen and oxygen atoms in total. The first-order chi connectivity index (χ1) is 5.03. The van der Waals surface area contributed by atoms with Gasteiger partial charge in [-0.2, -0.15) is 2.94 Å². The molecule has 1 saturated heterocycles. The van der Waals surface area contributed by atoms with Crippen molar-refractivity contribution in [2.75, 3.05) is 19.0 Å². The molecule has 1 N–H and O–H groups in total. The minimum absolute atomic E-state index is 0.139. The molecule has 0 amide bonds. The molecule has 0 aliphatic carbocycles. The molecule has 66 valence electrons. The summed E-state index contributed by atoms with van der Waals surface area (Å²) in [7, 11) is -3.04. The highest BCUT2D eigenvalue weighted by Gasteiger charge is 2.26. The van der Waals surface area contributed by atoms with Crippen molar-refractivity contribution in [1.29, 1.82) is 0 Å². The average Bonchev–Trinajstić information content (AvgIpc) is 1.84. The second-order valence-corrected chi connectivity index (χ2v) is 5.93. The standard InChI is InChI=1S/C5H11IN2O2S/c1-5-2-8(3-5)4-11(9,10)7-6/h5,7H,2-4H2,1H3. The summed E-state index contributed by atoms with van der Waals surface area (Å²) in [6.07, 6.45) is 0. The molecule has 6 heteroatoms. The molecule has 0 bridgehead atoms. The molecule has 0 aromatic rings. The van der Waals surface area contributed by atoms with Crippen LogP contribution < -0.4 is 2.94 Å². The average molecular weight is 290 g/mol. The Bertz CT molecular complexity index is 223. The zero-order chi connectivity index (χ0) is 8.48. The van der Waals surface area contributed by atoms with Crippen LogP contribution in [0, 0.1) is 5.92 Å². The lowest BCUT2D eigenvalue weighted by Crippen LogP contribution is -2.48. The third-order valence-electron chi connectivity index (χ3n) is 1.61. The summed E-state index contributed by atoms with van der Waals surface area (Å²) in [6, 6.07) is 0. The van der Waals surface area contributed by atoms with E-state index in [-0.39, 0.29) is 5.88 Å². The molecule has 1 fully saturated rings. The van der Waals surface area contributed by atoms with Crippen molar-refractivity contribution in [3.8, 4) is 0 Å². The van der Waals surface area contributed by atoms with Gasteiger partial charge in [0.15, 0.2) is 0 Å². The summed E-state index contributed by atoms with van der Waals surface area (Å²) < 4.78 is 24.2. The first kappa shape index (κ1) is 9.69. The normalized spacial score (nSPS) is 21.6. The SMILES string of the molecule is CC1CN(CS(=O)(=O)NI)C1. The number of nitrogens with zero attached hydrogens (tertiary/aromatic N) is 1. The first-order valence-corrected chi connectivity index (χ1v) is 6.09. The summed E-state index contributed by atoms with van der Waals surface area (Å²) in [5.74, 6) is 0.791. The van der Waals surface area contributed by atoms with Crippen molar-refractivity contribution >= 4 is 32.9 Å². The van der Waals surface area contributed by atoms with Gasteiger partial charge in [0.05, 0.1) is 0 Å². The molecule has 11 heavy (non-hydrogen) atoms. The fraction of sp³-hybridized carbons (Fsp3) is 1.00. The molecule has 0 aromatic heterocycles. The van der Waals surface area contributed by atoms with E-state index in [1.807, 2.05) is 4.90 Å². The second kappa shape index (κ2) is 3.55. The Morgan fingerprint density at radius 2 is 2.18 bits per heavy atom. The van der Waals surface area contributed by atoms with Gasteiger partial charge in [0.25, 0.3) is 0 Å². The Balaban J connectivity index is 2.33. The summed E-state index contributed by atoms with van der Waals surface area (Å²) in [4.78, 5) is 1.91. The first-order valence-electron chi connectivity index (χ1n) is 3.36. The quantitative estimate of drug-likeness (QED) is 0.595. The molecule has 0 saturated carbocycles. The van der Waals surface area contributed by atoms with Gasteiger partial charge in [-0.1, -0.05) is 6.92 Å². The van der Waals surface area contributed by atoms with Crippen molar-refractivity contribution < 1.29 is 8.42 Å². The number of hydrogen-bond donors (Lipinski definition) is 1. The molecular weight excluding hydrogens is 279 g/mol. The van der Waals surface area contributed by atoms with Crippen LogP contribution in [0.1, 0.15) is 6.92 Å². The van der Waals surface area contributed by atoms with Crippen LogP contribution in [-0.2, 0) is 10.0 Å². The van der Waals surface area contributed by atoms with Crippen molar-refractivity contribution in [2.45, 2.75) is 6.92 Å². The van der Waals surface area contributed by atoms with Crippen LogP contribution in [-0.4, -0.2) is 32.3 Å². The number of sulfonamides is 1. The number of nitrogens with one attached hydrogen (secondary N) is 1. The Hall–Kier alpha value is 0.600. The molecular formula is C5H11IN2O2S. The zero-order valence-corrected chi connectivity index (χ0v) is 9.22. The third-order valence-corrected chi connectivity index (χ3v) is 4.56. The van der Waals surface area contributed by atoms with E-state index in [4.69, 9.17) is 0 Å². The zero-order valence-electron chi connectivity index (χ0n) is 6.25. The summed E-state index contributed by atoms with van der Waals surface area (Å²) in [5.41, 5.74) is 0. The maximum atomic E-state index is 10.9. The fourth-order valence-corrected chi connectivity index (χ4v) is 2.36. The van der Waals surface area contributed by atoms with Crippen LogP contribution in [0.5, 0.6) is 0 Å². The van der Waals surface area contributed by atoms with Gasteiger partial charge in [-0.05, 0) is 5.92 Å². The molecule has 0 unspecified atom stereocenters. The van der Waals surface area contributed by atoms with E-state index < -0.39 is 10.0 Å². The molecule has 0 aromatic carbocycles. The van der Waals surface area contributed by atoms with E-state index in [0.29, 0.717) is 5.92 Å². The Morgan fingerprint density at radius 1 is 1.64 bits per heavy atom. The van der Waals surface area contributed by atoms with Gasteiger partial charge in [0, 0.05) is 36.0 Å². The van der Waals surface area contributed by atoms with E-state index >= 15 is 0 Å². The minimum Gasteiger partial charge on any atom is -0.288 e. The van der Waals surface area contributed by atoms with Gasteiger partial charge in [-0.15, -0.1) is 0 Å². The highest BCUT2D eigenvalue weighted by atomic mass is 127.